The van der Waals surface area contributed by atoms with E-state index in [9.17, 15) is 9.59 Å². The van der Waals surface area contributed by atoms with Crippen molar-refractivity contribution in [1.29, 1.82) is 0 Å². The minimum Gasteiger partial charge on any atom is -0.480 e. The lowest BCUT2D eigenvalue weighted by atomic mass is 9.91. The molecule has 2 aromatic rings. The fourth-order valence-corrected chi connectivity index (χ4v) is 5.72. The van der Waals surface area contributed by atoms with Crippen LogP contribution in [0.4, 0.5) is 0 Å². The summed E-state index contributed by atoms with van der Waals surface area (Å²) in [5, 5.41) is 3.89. The quantitative estimate of drug-likeness (QED) is 0.576. The summed E-state index contributed by atoms with van der Waals surface area (Å²) in [5.41, 5.74) is 0.829. The Hall–Kier alpha value is -2.30. The number of amides is 2. The van der Waals surface area contributed by atoms with Gasteiger partial charge in [-0.05, 0) is 44.8 Å². The zero-order valence-corrected chi connectivity index (χ0v) is 22.2. The van der Waals surface area contributed by atoms with Crippen LogP contribution in [0.5, 0.6) is 5.88 Å². The standard InChI is InChI=1S/C24H37N5O4S/c1-15-18-21(33-7)26-17(12-32-6)27-22(18)34-19(15)23(31)29-10-8-16(9-11-29)20(30)25-13-24(2,3)14-28(4)5/h16H,8-14H2,1-7H3,(H,25,30). The third kappa shape index (κ3) is 6.03. The van der Waals surface area contributed by atoms with Crippen LogP contribution in [-0.2, 0) is 16.1 Å². The first-order valence-electron chi connectivity index (χ1n) is 11.6. The molecule has 1 aliphatic rings. The van der Waals surface area contributed by atoms with Crippen LogP contribution in [0.1, 0.15) is 47.7 Å². The van der Waals surface area contributed by atoms with Crippen molar-refractivity contribution in [2.75, 3.05) is 54.5 Å². The van der Waals surface area contributed by atoms with Gasteiger partial charge in [0.15, 0.2) is 5.82 Å². The van der Waals surface area contributed by atoms with E-state index in [4.69, 9.17) is 9.47 Å². The van der Waals surface area contributed by atoms with Crippen LogP contribution in [0.15, 0.2) is 0 Å². The average Bonchev–Trinajstić information content (AvgIpc) is 3.12. The van der Waals surface area contributed by atoms with E-state index in [1.54, 1.807) is 14.2 Å². The lowest BCUT2D eigenvalue weighted by molar-refractivity contribution is -0.126. The van der Waals surface area contributed by atoms with E-state index in [1.807, 2.05) is 25.9 Å². The molecule has 1 fully saturated rings. The van der Waals surface area contributed by atoms with E-state index in [0.717, 1.165) is 17.5 Å². The molecule has 1 saturated heterocycles. The van der Waals surface area contributed by atoms with Gasteiger partial charge in [0.1, 0.15) is 11.4 Å². The number of fused-ring (bicyclic) bond motifs is 1. The molecule has 0 bridgehead atoms. The van der Waals surface area contributed by atoms with E-state index in [1.165, 1.54) is 11.3 Å². The van der Waals surface area contributed by atoms with E-state index in [0.29, 0.717) is 53.9 Å². The molecule has 2 aromatic heterocycles. The van der Waals surface area contributed by atoms with E-state index in [-0.39, 0.29) is 29.8 Å². The molecular formula is C24H37N5O4S. The van der Waals surface area contributed by atoms with Crippen LogP contribution in [0.3, 0.4) is 0 Å². The van der Waals surface area contributed by atoms with Crippen molar-refractivity contribution in [1.82, 2.24) is 25.1 Å². The van der Waals surface area contributed by atoms with Gasteiger partial charge in [-0.1, -0.05) is 13.8 Å². The molecule has 0 saturated carbocycles. The van der Waals surface area contributed by atoms with Crippen LogP contribution in [0.2, 0.25) is 0 Å². The molecule has 10 heteroatoms. The summed E-state index contributed by atoms with van der Waals surface area (Å²) in [6, 6.07) is 0. The highest BCUT2D eigenvalue weighted by molar-refractivity contribution is 7.20. The number of piperidine rings is 1. The zero-order valence-electron chi connectivity index (χ0n) is 21.4. The Morgan fingerprint density at radius 1 is 1.21 bits per heavy atom. The second-order valence-electron chi connectivity index (χ2n) is 10.0. The van der Waals surface area contributed by atoms with Gasteiger partial charge in [0.05, 0.1) is 17.4 Å². The number of nitrogens with one attached hydrogen (secondary N) is 1. The SMILES string of the molecule is COCc1nc(OC)c2c(C)c(C(=O)N3CCC(C(=O)NCC(C)(C)CN(C)C)CC3)sc2n1. The molecule has 2 amide bonds. The summed E-state index contributed by atoms with van der Waals surface area (Å²) in [6.07, 6.45) is 1.33. The fourth-order valence-electron chi connectivity index (χ4n) is 4.56. The Morgan fingerprint density at radius 2 is 1.88 bits per heavy atom. The molecule has 0 unspecified atom stereocenters. The molecule has 188 valence electrons. The smallest absolute Gasteiger partial charge is 0.264 e. The molecule has 0 aliphatic carbocycles. The number of ether oxygens (including phenoxy) is 2. The number of aryl methyl sites for hydroxylation is 1. The molecule has 9 nitrogen and oxygen atoms in total. The summed E-state index contributed by atoms with van der Waals surface area (Å²) >= 11 is 1.36. The predicted molar refractivity (Wildman–Crippen MR) is 133 cm³/mol. The van der Waals surface area contributed by atoms with E-state index >= 15 is 0 Å². The number of nitrogens with zero attached hydrogens (tertiary/aromatic N) is 4. The number of thiophene rings is 1. The monoisotopic (exact) mass is 491 g/mol. The molecule has 0 aromatic carbocycles. The first kappa shape index (κ1) is 26.3. The average molecular weight is 492 g/mol. The van der Waals surface area contributed by atoms with Crippen LogP contribution in [0.25, 0.3) is 10.2 Å². The molecule has 0 spiro atoms. The summed E-state index contributed by atoms with van der Waals surface area (Å²) < 4.78 is 10.6. The third-order valence-electron chi connectivity index (χ3n) is 6.10. The maximum absolute atomic E-state index is 13.4. The Kier molecular flexibility index (Phi) is 8.48. The Labute approximate surface area is 205 Å². The zero-order chi connectivity index (χ0) is 25.0. The second-order valence-corrected chi connectivity index (χ2v) is 11.0. The van der Waals surface area contributed by atoms with Crippen LogP contribution in [-0.4, -0.2) is 86.1 Å². The Morgan fingerprint density at radius 3 is 2.47 bits per heavy atom. The van der Waals surface area contributed by atoms with Crippen molar-refractivity contribution in [3.05, 3.63) is 16.3 Å². The van der Waals surface area contributed by atoms with Crippen molar-refractivity contribution in [3.8, 4) is 5.88 Å². The molecule has 3 heterocycles. The minimum absolute atomic E-state index is 0.00159. The molecule has 1 aliphatic heterocycles. The third-order valence-corrected chi connectivity index (χ3v) is 7.28. The number of hydrogen-bond donors (Lipinski definition) is 1. The van der Waals surface area contributed by atoms with Gasteiger partial charge in [-0.2, -0.15) is 4.98 Å². The van der Waals surface area contributed by atoms with Crippen molar-refractivity contribution < 1.29 is 19.1 Å². The molecule has 34 heavy (non-hydrogen) atoms. The Bertz CT molecular complexity index is 1030. The Balaban J connectivity index is 1.65. The maximum atomic E-state index is 13.4. The van der Waals surface area contributed by atoms with Crippen molar-refractivity contribution in [2.45, 2.75) is 40.2 Å². The largest absolute Gasteiger partial charge is 0.480 e. The molecule has 1 N–H and O–H groups in total. The van der Waals surface area contributed by atoms with Crippen LogP contribution in [0, 0.1) is 18.3 Å². The topological polar surface area (TPSA) is 96.9 Å². The number of carbonyl (C=O) groups excluding carboxylic acids is 2. The summed E-state index contributed by atoms with van der Waals surface area (Å²) in [5.74, 6) is 0.972. The van der Waals surface area contributed by atoms with Gasteiger partial charge < -0.3 is 24.6 Å². The number of methoxy groups -OCH3 is 2. The normalized spacial score (nSPS) is 15.2. The number of carbonyl (C=O) groups is 2. The molecular weight excluding hydrogens is 454 g/mol. The van der Waals surface area contributed by atoms with Crippen molar-refractivity contribution >= 4 is 33.4 Å². The highest BCUT2D eigenvalue weighted by Gasteiger charge is 2.31. The maximum Gasteiger partial charge on any atom is 0.264 e. The first-order valence-corrected chi connectivity index (χ1v) is 12.4. The van der Waals surface area contributed by atoms with Crippen LogP contribution < -0.4 is 10.1 Å². The highest BCUT2D eigenvalue weighted by atomic mass is 32.1. The number of hydrogen-bond acceptors (Lipinski definition) is 8. The number of rotatable bonds is 9. The molecule has 0 atom stereocenters. The van der Waals surface area contributed by atoms with Crippen molar-refractivity contribution in [3.63, 3.8) is 0 Å². The lowest BCUT2D eigenvalue weighted by Crippen LogP contribution is -2.46. The van der Waals surface area contributed by atoms with Gasteiger partial charge >= 0.3 is 0 Å². The number of aromatic nitrogens is 2. The summed E-state index contributed by atoms with van der Waals surface area (Å²) in [4.78, 5) is 40.4. The molecule has 0 radical (unpaired) electrons. The minimum atomic E-state index is -0.0646. The van der Waals surface area contributed by atoms with E-state index < -0.39 is 0 Å². The first-order chi connectivity index (χ1) is 16.1. The summed E-state index contributed by atoms with van der Waals surface area (Å²) in [6.45, 7) is 9.14. The van der Waals surface area contributed by atoms with Gasteiger partial charge in [-0.15, -0.1) is 11.3 Å². The van der Waals surface area contributed by atoms with Gasteiger partial charge in [0.25, 0.3) is 5.91 Å². The van der Waals surface area contributed by atoms with Crippen molar-refractivity contribution in [2.24, 2.45) is 11.3 Å². The van der Waals surface area contributed by atoms with Gasteiger partial charge in [0, 0.05) is 39.2 Å². The molecule has 3 rings (SSSR count). The van der Waals surface area contributed by atoms with Gasteiger partial charge in [0.2, 0.25) is 11.8 Å². The second kappa shape index (κ2) is 11.0. The highest BCUT2D eigenvalue weighted by Crippen LogP contribution is 2.36. The van der Waals surface area contributed by atoms with Gasteiger partial charge in [-0.25, -0.2) is 4.98 Å². The summed E-state index contributed by atoms with van der Waals surface area (Å²) in [7, 11) is 7.23. The number of likely N-dealkylation sites (tertiary alicyclic amines) is 1. The lowest BCUT2D eigenvalue weighted by Gasteiger charge is -2.33. The predicted octanol–water partition coefficient (Wildman–Crippen LogP) is 2.71. The fraction of sp³-hybridized carbons (Fsp3) is 0.667. The van der Waals surface area contributed by atoms with Gasteiger partial charge in [-0.3, -0.25) is 9.59 Å². The van der Waals surface area contributed by atoms with E-state index in [2.05, 4.69) is 34.0 Å². The van der Waals surface area contributed by atoms with Crippen LogP contribution >= 0.6 is 11.3 Å².